The average Bonchev–Trinajstić information content (AvgIpc) is 3.72. The van der Waals surface area contributed by atoms with Gasteiger partial charge in [-0.05, 0) is 45.4 Å². The molecule has 0 aromatic carbocycles. The molecule has 6 unspecified atom stereocenters. The van der Waals surface area contributed by atoms with Crippen LogP contribution in [0.15, 0.2) is 29.8 Å². The highest BCUT2D eigenvalue weighted by Gasteiger charge is 2.47. The second-order valence-corrected chi connectivity index (χ2v) is 14.4. The molecule has 1 saturated carbocycles. The van der Waals surface area contributed by atoms with Gasteiger partial charge in [-0.15, -0.1) is 11.6 Å². The molecule has 1 amide bonds. The van der Waals surface area contributed by atoms with Gasteiger partial charge < -0.3 is 26.6 Å². The van der Waals surface area contributed by atoms with Gasteiger partial charge in [0.2, 0.25) is 5.91 Å². The lowest BCUT2D eigenvalue weighted by molar-refractivity contribution is -0.126. The summed E-state index contributed by atoms with van der Waals surface area (Å²) in [4.78, 5) is 24.0. The molecule has 0 aromatic heterocycles. The zero-order valence-corrected chi connectivity index (χ0v) is 26.8. The topological polar surface area (TPSA) is 116 Å². The number of hydrogen-bond acceptors (Lipinski definition) is 8. The van der Waals surface area contributed by atoms with Crippen molar-refractivity contribution < 1.29 is 4.79 Å². The van der Waals surface area contributed by atoms with Gasteiger partial charge in [0.15, 0.2) is 0 Å². The molecule has 1 aliphatic carbocycles. The Morgan fingerprint density at radius 2 is 1.86 bits per heavy atom. The van der Waals surface area contributed by atoms with E-state index in [9.17, 15) is 4.79 Å². The second-order valence-electron chi connectivity index (χ2n) is 13.8. The van der Waals surface area contributed by atoms with Gasteiger partial charge in [0.1, 0.15) is 11.8 Å². The molecule has 4 fully saturated rings. The van der Waals surface area contributed by atoms with E-state index < -0.39 is 5.92 Å². The van der Waals surface area contributed by atoms with Crippen LogP contribution >= 0.6 is 11.6 Å². The summed E-state index contributed by atoms with van der Waals surface area (Å²) in [7, 11) is 0. The molecule has 5 aliphatic heterocycles. The Morgan fingerprint density at radius 1 is 1.12 bits per heavy atom. The van der Waals surface area contributed by atoms with Gasteiger partial charge in [-0.25, -0.2) is 0 Å². The quantitative estimate of drug-likeness (QED) is 0.0919. The van der Waals surface area contributed by atoms with Crippen molar-refractivity contribution in [1.29, 1.82) is 5.41 Å². The number of amides is 1. The predicted molar refractivity (Wildman–Crippen MR) is 172 cm³/mol. The first-order chi connectivity index (χ1) is 20.7. The molecular weight excluding hydrogens is 562 g/mol. The number of likely N-dealkylation sites (tertiary alicyclic amines) is 1. The summed E-state index contributed by atoms with van der Waals surface area (Å²) in [6.45, 7) is 13.1. The van der Waals surface area contributed by atoms with Gasteiger partial charge in [0.05, 0.1) is 17.1 Å². The minimum Gasteiger partial charge on any atom is -0.387 e. The fourth-order valence-electron chi connectivity index (χ4n) is 8.82. The smallest absolute Gasteiger partial charge is 0.232 e. The molecule has 5 heterocycles. The Bertz CT molecular complexity index is 1130. The highest BCUT2D eigenvalue weighted by Crippen LogP contribution is 2.42. The van der Waals surface area contributed by atoms with Gasteiger partial charge in [-0.2, -0.15) is 0 Å². The zero-order valence-electron chi connectivity index (χ0n) is 26.0. The first kappa shape index (κ1) is 30.9. The Morgan fingerprint density at radius 3 is 2.60 bits per heavy atom. The van der Waals surface area contributed by atoms with Crippen LogP contribution in [0.5, 0.6) is 0 Å². The molecule has 0 spiro atoms. The lowest BCUT2D eigenvalue weighted by atomic mass is 9.78. The number of rotatable bonds is 8. The number of amidine groups is 1. The van der Waals surface area contributed by atoms with Crippen LogP contribution in [0.25, 0.3) is 0 Å². The molecule has 238 valence electrons. The first-order valence-electron chi connectivity index (χ1n) is 16.6. The molecule has 3 saturated heterocycles. The number of carbonyl (C=O) groups is 1. The monoisotopic (exact) mass is 613 g/mol. The number of nitrogens with one attached hydrogen (secondary N) is 4. The highest BCUT2D eigenvalue weighted by molar-refractivity contribution is 6.22. The maximum atomic E-state index is 14.0. The third kappa shape index (κ3) is 6.37. The van der Waals surface area contributed by atoms with E-state index in [-0.39, 0.29) is 34.7 Å². The average molecular weight is 614 g/mol. The molecule has 6 aliphatic rings. The van der Waals surface area contributed by atoms with Gasteiger partial charge in [-0.3, -0.25) is 24.9 Å². The molecule has 0 aromatic rings. The maximum Gasteiger partial charge on any atom is 0.232 e. The summed E-state index contributed by atoms with van der Waals surface area (Å²) in [5.74, 6) is -0.546. The Hall–Kier alpha value is -2.07. The highest BCUT2D eigenvalue weighted by atomic mass is 35.5. The number of nitrogens with zero attached hydrogens (tertiary/aromatic N) is 4. The zero-order chi connectivity index (χ0) is 30.1. The maximum absolute atomic E-state index is 14.0. The predicted octanol–water partition coefficient (Wildman–Crippen LogP) is 1.45. The van der Waals surface area contributed by atoms with E-state index in [0.29, 0.717) is 31.1 Å². The second kappa shape index (κ2) is 13.1. The lowest BCUT2D eigenvalue weighted by Crippen LogP contribution is -2.63. The Balaban J connectivity index is 1.10. The molecule has 0 bridgehead atoms. The Kier molecular flexibility index (Phi) is 9.43. The van der Waals surface area contributed by atoms with Crippen LogP contribution in [-0.2, 0) is 4.79 Å². The van der Waals surface area contributed by atoms with Gasteiger partial charge in [-0.1, -0.05) is 30.7 Å². The summed E-state index contributed by atoms with van der Waals surface area (Å²) in [6, 6.07) is 0.768. The van der Waals surface area contributed by atoms with E-state index in [1.807, 2.05) is 13.1 Å². The summed E-state index contributed by atoms with van der Waals surface area (Å²) in [6.07, 6.45) is 13.3. The summed E-state index contributed by atoms with van der Waals surface area (Å²) >= 11 is 6.65. The normalized spacial score (nSPS) is 34.4. The van der Waals surface area contributed by atoms with Crippen molar-refractivity contribution in [3.8, 4) is 0 Å². The van der Waals surface area contributed by atoms with Crippen molar-refractivity contribution in [2.75, 3.05) is 59.0 Å². The molecule has 6 rings (SSSR count). The van der Waals surface area contributed by atoms with E-state index in [1.165, 1.54) is 25.7 Å². The van der Waals surface area contributed by atoms with E-state index >= 15 is 0 Å². The van der Waals surface area contributed by atoms with E-state index in [4.69, 9.17) is 22.7 Å². The van der Waals surface area contributed by atoms with Gasteiger partial charge >= 0.3 is 0 Å². The standard InChI is InChI=1S/C32H52ClN9O/c1-22(42-19-24(33)7-11-32(42,2)23-5-3-4-6-23)29(30(34)35)31(43)38-27-18-36-12-8-28(27)39-13-9-25(10-14-39)40-15-16-41-21-37-17-26(41)20-40/h7,11-12,22-27,29,36-37H,3-6,9-10,13-21H2,1-2H3,(H3,34,35)(H,38,43). The Labute approximate surface area is 262 Å². The number of piperazine rings is 1. The third-order valence-corrected chi connectivity index (χ3v) is 11.6. The number of nitrogens with two attached hydrogens (primary N) is 1. The number of hydrogen-bond donors (Lipinski definition) is 5. The third-order valence-electron chi connectivity index (χ3n) is 11.3. The molecular formula is C32H52ClN9O. The van der Waals surface area contributed by atoms with Crippen molar-refractivity contribution >= 4 is 23.3 Å². The van der Waals surface area contributed by atoms with E-state index in [0.717, 1.165) is 64.5 Å². The van der Waals surface area contributed by atoms with Crippen LogP contribution in [0.3, 0.4) is 0 Å². The van der Waals surface area contributed by atoms with Crippen molar-refractivity contribution in [3.63, 3.8) is 0 Å². The van der Waals surface area contributed by atoms with Crippen molar-refractivity contribution in [1.82, 2.24) is 35.6 Å². The van der Waals surface area contributed by atoms with Gasteiger partial charge in [0.25, 0.3) is 0 Å². The number of fused-ring (bicyclic) bond motifs is 1. The molecule has 6 N–H and O–H groups in total. The number of piperidine rings is 1. The fraction of sp³-hybridized carbons (Fsp3) is 0.781. The van der Waals surface area contributed by atoms with Crippen LogP contribution in [-0.4, -0.2) is 125 Å². The van der Waals surface area contributed by atoms with E-state index in [2.05, 4.69) is 60.4 Å². The van der Waals surface area contributed by atoms with Crippen LogP contribution in [0.4, 0.5) is 0 Å². The van der Waals surface area contributed by atoms with Crippen molar-refractivity contribution in [2.45, 2.75) is 87.5 Å². The molecule has 43 heavy (non-hydrogen) atoms. The molecule has 11 heteroatoms. The minimum atomic E-state index is -0.766. The fourth-order valence-corrected chi connectivity index (χ4v) is 9.04. The number of alkyl halides is 1. The van der Waals surface area contributed by atoms with Crippen LogP contribution in [0.1, 0.15) is 52.4 Å². The van der Waals surface area contributed by atoms with Crippen LogP contribution in [0.2, 0.25) is 0 Å². The van der Waals surface area contributed by atoms with E-state index in [1.54, 1.807) is 0 Å². The molecule has 10 nitrogen and oxygen atoms in total. The minimum absolute atomic E-state index is 0.0948. The van der Waals surface area contributed by atoms with Gasteiger partial charge in [0, 0.05) is 88.9 Å². The van der Waals surface area contributed by atoms with Crippen LogP contribution in [0, 0.1) is 17.2 Å². The first-order valence-corrected chi connectivity index (χ1v) is 17.0. The lowest BCUT2D eigenvalue weighted by Gasteiger charge is -2.51. The number of carbonyl (C=O) groups excluding carboxylic acids is 1. The largest absolute Gasteiger partial charge is 0.387 e. The summed E-state index contributed by atoms with van der Waals surface area (Å²) in [5.41, 5.74) is 10.5. The molecule has 6 atom stereocenters. The van der Waals surface area contributed by atoms with Crippen LogP contribution < -0.4 is 21.7 Å². The number of halogens is 1. The van der Waals surface area contributed by atoms with Crippen molar-refractivity contribution in [2.24, 2.45) is 17.6 Å². The SMILES string of the molecule is CC(C(C(=N)N)C(=O)NC1CNC=C=C1N1CCC(N2CCN3CNCC3C2)CC1)N1CC(Cl)C=CC1(C)C1CCCC1. The summed E-state index contributed by atoms with van der Waals surface area (Å²) < 4.78 is 0. The van der Waals surface area contributed by atoms with Crippen molar-refractivity contribution in [3.05, 3.63) is 29.8 Å². The summed E-state index contributed by atoms with van der Waals surface area (Å²) in [5, 5.41) is 18.5. The molecule has 0 radical (unpaired) electrons.